The second-order valence-corrected chi connectivity index (χ2v) is 5.46. The number of rotatable bonds is 6. The van der Waals surface area contributed by atoms with Gasteiger partial charge in [0.25, 0.3) is 0 Å². The van der Waals surface area contributed by atoms with Crippen molar-refractivity contribution in [1.82, 2.24) is 15.5 Å². The summed E-state index contributed by atoms with van der Waals surface area (Å²) in [6.07, 6.45) is 2.01. The van der Waals surface area contributed by atoms with Crippen LogP contribution in [-0.2, 0) is 11.2 Å². The van der Waals surface area contributed by atoms with Crippen LogP contribution in [-0.4, -0.2) is 49.6 Å². The fourth-order valence-electron chi connectivity index (χ4n) is 2.52. The molecule has 1 aliphatic heterocycles. The van der Waals surface area contributed by atoms with Crippen molar-refractivity contribution >= 4 is 5.91 Å². The number of benzene rings is 1. The quantitative estimate of drug-likeness (QED) is 0.762. The van der Waals surface area contributed by atoms with Crippen LogP contribution in [0.1, 0.15) is 18.9 Å². The summed E-state index contributed by atoms with van der Waals surface area (Å²) < 4.78 is 0. The van der Waals surface area contributed by atoms with E-state index in [-0.39, 0.29) is 5.91 Å². The molecule has 4 heteroatoms. The summed E-state index contributed by atoms with van der Waals surface area (Å²) in [5, 5.41) is 6.35. The van der Waals surface area contributed by atoms with Crippen LogP contribution in [0.3, 0.4) is 0 Å². The summed E-state index contributed by atoms with van der Waals surface area (Å²) in [6, 6.07) is 10.8. The first-order valence-corrected chi connectivity index (χ1v) is 7.51. The lowest BCUT2D eigenvalue weighted by Gasteiger charge is -2.33. The largest absolute Gasteiger partial charge is 0.355 e. The van der Waals surface area contributed by atoms with Gasteiger partial charge in [0.1, 0.15) is 0 Å². The highest BCUT2D eigenvalue weighted by molar-refractivity contribution is 5.78. The summed E-state index contributed by atoms with van der Waals surface area (Å²) in [7, 11) is 0. The van der Waals surface area contributed by atoms with E-state index in [2.05, 4.69) is 46.7 Å². The Balaban J connectivity index is 1.60. The molecule has 1 atom stereocenters. The van der Waals surface area contributed by atoms with Gasteiger partial charge < -0.3 is 10.6 Å². The second kappa shape index (κ2) is 8.02. The minimum atomic E-state index is 0.145. The lowest BCUT2D eigenvalue weighted by molar-refractivity contribution is -0.122. The molecule has 0 aliphatic carbocycles. The molecular formula is C16H25N3O. The number of carbonyl (C=O) groups is 1. The molecule has 0 saturated carbocycles. The number of nitrogens with zero attached hydrogens (tertiary/aromatic N) is 1. The molecule has 0 bridgehead atoms. The van der Waals surface area contributed by atoms with E-state index in [1.165, 1.54) is 5.56 Å². The summed E-state index contributed by atoms with van der Waals surface area (Å²) in [4.78, 5) is 14.1. The molecule has 4 nitrogen and oxygen atoms in total. The molecule has 1 heterocycles. The average molecular weight is 275 g/mol. The van der Waals surface area contributed by atoms with E-state index in [1.54, 1.807) is 0 Å². The number of amides is 1. The lowest BCUT2D eigenvalue weighted by atomic mass is 10.1. The summed E-state index contributed by atoms with van der Waals surface area (Å²) >= 11 is 0. The van der Waals surface area contributed by atoms with Gasteiger partial charge in [-0.1, -0.05) is 30.3 Å². The summed E-state index contributed by atoms with van der Waals surface area (Å²) in [5.41, 5.74) is 1.33. The Bertz CT molecular complexity index is 407. The van der Waals surface area contributed by atoms with Crippen molar-refractivity contribution in [3.63, 3.8) is 0 Å². The number of hydrogen-bond acceptors (Lipinski definition) is 3. The molecule has 0 radical (unpaired) electrons. The fourth-order valence-corrected chi connectivity index (χ4v) is 2.52. The van der Waals surface area contributed by atoms with Crippen LogP contribution in [0.2, 0.25) is 0 Å². The first-order valence-electron chi connectivity index (χ1n) is 7.51. The highest BCUT2D eigenvalue weighted by atomic mass is 16.2. The molecule has 1 amide bonds. The van der Waals surface area contributed by atoms with Crippen molar-refractivity contribution in [1.29, 1.82) is 0 Å². The van der Waals surface area contributed by atoms with Crippen molar-refractivity contribution in [2.75, 3.05) is 32.7 Å². The molecule has 0 spiro atoms. The van der Waals surface area contributed by atoms with E-state index in [4.69, 9.17) is 0 Å². The van der Waals surface area contributed by atoms with Gasteiger partial charge in [0.05, 0.1) is 6.54 Å². The Kier molecular flexibility index (Phi) is 6.02. The van der Waals surface area contributed by atoms with Crippen molar-refractivity contribution in [2.45, 2.75) is 25.8 Å². The van der Waals surface area contributed by atoms with Gasteiger partial charge in [-0.3, -0.25) is 9.69 Å². The second-order valence-electron chi connectivity index (χ2n) is 5.46. The zero-order valence-corrected chi connectivity index (χ0v) is 12.3. The molecule has 1 aromatic rings. The topological polar surface area (TPSA) is 44.4 Å². The third kappa shape index (κ3) is 4.94. The maximum Gasteiger partial charge on any atom is 0.234 e. The van der Waals surface area contributed by atoms with E-state index >= 15 is 0 Å². The van der Waals surface area contributed by atoms with Crippen LogP contribution in [0.4, 0.5) is 0 Å². The van der Waals surface area contributed by atoms with Gasteiger partial charge in [0, 0.05) is 32.2 Å². The van der Waals surface area contributed by atoms with E-state index in [0.717, 1.165) is 39.0 Å². The van der Waals surface area contributed by atoms with E-state index in [0.29, 0.717) is 12.6 Å². The normalized spacial score (nSPS) is 19.8. The number of carbonyl (C=O) groups excluding carboxylic acids is 1. The molecule has 1 aromatic carbocycles. The number of nitrogens with one attached hydrogen (secondary N) is 2. The van der Waals surface area contributed by atoms with Crippen LogP contribution < -0.4 is 10.6 Å². The van der Waals surface area contributed by atoms with Crippen LogP contribution in [0.15, 0.2) is 30.3 Å². The van der Waals surface area contributed by atoms with Gasteiger partial charge in [0.2, 0.25) is 5.91 Å². The smallest absolute Gasteiger partial charge is 0.234 e. The standard InChI is InChI=1S/C16H25N3O/c1-14-12-17-10-11-19(14)13-16(20)18-9-5-8-15-6-3-2-4-7-15/h2-4,6-7,14,17H,5,8-13H2,1H3,(H,18,20)/t14-/m0/s1. The molecule has 0 aromatic heterocycles. The molecule has 1 saturated heterocycles. The maximum atomic E-state index is 11.9. The minimum Gasteiger partial charge on any atom is -0.355 e. The maximum absolute atomic E-state index is 11.9. The first-order chi connectivity index (χ1) is 9.75. The average Bonchev–Trinajstić information content (AvgIpc) is 2.47. The zero-order chi connectivity index (χ0) is 14.2. The molecule has 2 N–H and O–H groups in total. The van der Waals surface area contributed by atoms with Crippen molar-refractivity contribution in [3.8, 4) is 0 Å². The Morgan fingerprint density at radius 2 is 2.20 bits per heavy atom. The minimum absolute atomic E-state index is 0.145. The molecule has 2 rings (SSSR count). The lowest BCUT2D eigenvalue weighted by Crippen LogP contribution is -2.52. The highest BCUT2D eigenvalue weighted by Gasteiger charge is 2.19. The monoisotopic (exact) mass is 275 g/mol. The number of aryl methyl sites for hydroxylation is 1. The fraction of sp³-hybridized carbons (Fsp3) is 0.562. The molecule has 1 fully saturated rings. The summed E-state index contributed by atoms with van der Waals surface area (Å²) in [5.74, 6) is 0.145. The van der Waals surface area contributed by atoms with Crippen LogP contribution in [0.25, 0.3) is 0 Å². The molecule has 1 aliphatic rings. The predicted molar refractivity (Wildman–Crippen MR) is 81.7 cm³/mol. The Morgan fingerprint density at radius 1 is 1.40 bits per heavy atom. The van der Waals surface area contributed by atoms with Gasteiger partial charge in [-0.25, -0.2) is 0 Å². The Morgan fingerprint density at radius 3 is 2.95 bits per heavy atom. The van der Waals surface area contributed by atoms with Gasteiger partial charge in [0.15, 0.2) is 0 Å². The van der Waals surface area contributed by atoms with E-state index < -0.39 is 0 Å². The third-order valence-corrected chi connectivity index (χ3v) is 3.79. The number of hydrogen-bond donors (Lipinski definition) is 2. The molecular weight excluding hydrogens is 250 g/mol. The molecule has 110 valence electrons. The SMILES string of the molecule is C[C@H]1CNCCN1CC(=O)NCCCc1ccccc1. The number of piperazine rings is 1. The van der Waals surface area contributed by atoms with Gasteiger partial charge in [-0.2, -0.15) is 0 Å². The third-order valence-electron chi connectivity index (χ3n) is 3.79. The molecule has 20 heavy (non-hydrogen) atoms. The molecule has 0 unspecified atom stereocenters. The van der Waals surface area contributed by atoms with Gasteiger partial charge >= 0.3 is 0 Å². The first kappa shape index (κ1) is 15.0. The highest BCUT2D eigenvalue weighted by Crippen LogP contribution is 2.02. The van der Waals surface area contributed by atoms with Crippen molar-refractivity contribution in [3.05, 3.63) is 35.9 Å². The van der Waals surface area contributed by atoms with Crippen LogP contribution in [0.5, 0.6) is 0 Å². The van der Waals surface area contributed by atoms with Crippen molar-refractivity contribution < 1.29 is 4.79 Å². The predicted octanol–water partition coefficient (Wildman–Crippen LogP) is 1.03. The van der Waals surface area contributed by atoms with Crippen LogP contribution >= 0.6 is 0 Å². The van der Waals surface area contributed by atoms with Crippen molar-refractivity contribution in [2.24, 2.45) is 0 Å². The Hall–Kier alpha value is -1.39. The van der Waals surface area contributed by atoms with Crippen LogP contribution in [0, 0.1) is 0 Å². The summed E-state index contributed by atoms with van der Waals surface area (Å²) in [6.45, 7) is 6.35. The zero-order valence-electron chi connectivity index (χ0n) is 12.3. The van der Waals surface area contributed by atoms with E-state index in [9.17, 15) is 4.79 Å². The van der Waals surface area contributed by atoms with Gasteiger partial charge in [-0.05, 0) is 25.3 Å². The Labute approximate surface area is 121 Å². The van der Waals surface area contributed by atoms with E-state index in [1.807, 2.05) is 6.07 Å². The van der Waals surface area contributed by atoms with Gasteiger partial charge in [-0.15, -0.1) is 0 Å².